The molecule has 0 saturated heterocycles. The Morgan fingerprint density at radius 1 is 1.40 bits per heavy atom. The maximum absolute atomic E-state index is 12.4. The molecule has 7 heteroatoms. The zero-order valence-electron chi connectivity index (χ0n) is 11.2. The molecule has 0 atom stereocenters. The van der Waals surface area contributed by atoms with Crippen molar-refractivity contribution in [2.75, 3.05) is 7.05 Å². The first kappa shape index (κ1) is 14.2. The summed E-state index contributed by atoms with van der Waals surface area (Å²) >= 11 is 0. The quantitative estimate of drug-likeness (QED) is 0.845. The Kier molecular flexibility index (Phi) is 3.88. The van der Waals surface area contributed by atoms with Gasteiger partial charge in [0.2, 0.25) is 0 Å². The third-order valence-corrected chi connectivity index (χ3v) is 4.79. The van der Waals surface area contributed by atoms with Gasteiger partial charge in [-0.15, -0.1) is 0 Å². The van der Waals surface area contributed by atoms with Crippen molar-refractivity contribution < 1.29 is 8.42 Å². The number of hydrogen-bond donors (Lipinski definition) is 0. The molecule has 2 aromatic rings. The number of nitriles is 1. The molecule has 1 aromatic heterocycles. The van der Waals surface area contributed by atoms with Crippen LogP contribution in [-0.4, -0.2) is 29.6 Å². The number of aromatic nitrogens is 2. The van der Waals surface area contributed by atoms with Gasteiger partial charge in [0.25, 0.3) is 10.0 Å². The van der Waals surface area contributed by atoms with Gasteiger partial charge < -0.3 is 0 Å². The summed E-state index contributed by atoms with van der Waals surface area (Å²) in [5.74, 6) is 0. The molecule has 0 aliphatic heterocycles. The number of rotatable bonds is 4. The number of nitrogens with zero attached hydrogens (tertiary/aromatic N) is 4. The third-order valence-electron chi connectivity index (χ3n) is 2.91. The fourth-order valence-electron chi connectivity index (χ4n) is 1.86. The SMILES string of the molecule is CN(Cc1cccc(C#N)c1)S(=O)(=O)c1ccnn1C. The number of sulfonamides is 1. The van der Waals surface area contributed by atoms with E-state index < -0.39 is 10.0 Å². The van der Waals surface area contributed by atoms with E-state index in [9.17, 15) is 8.42 Å². The third kappa shape index (κ3) is 2.71. The van der Waals surface area contributed by atoms with Crippen LogP contribution in [0.4, 0.5) is 0 Å². The molecule has 0 saturated carbocycles. The summed E-state index contributed by atoms with van der Waals surface area (Å²) in [6.07, 6.45) is 1.44. The minimum atomic E-state index is -3.59. The van der Waals surface area contributed by atoms with Crippen LogP contribution < -0.4 is 0 Å². The highest BCUT2D eigenvalue weighted by Gasteiger charge is 2.23. The summed E-state index contributed by atoms with van der Waals surface area (Å²) in [5, 5.41) is 12.9. The van der Waals surface area contributed by atoms with Gasteiger partial charge in [-0.05, 0) is 23.8 Å². The molecule has 20 heavy (non-hydrogen) atoms. The zero-order valence-corrected chi connectivity index (χ0v) is 12.0. The summed E-state index contributed by atoms with van der Waals surface area (Å²) in [4.78, 5) is 0. The van der Waals surface area contributed by atoms with Crippen molar-refractivity contribution in [2.24, 2.45) is 7.05 Å². The van der Waals surface area contributed by atoms with Crippen LogP contribution in [0.25, 0.3) is 0 Å². The Balaban J connectivity index is 2.26. The summed E-state index contributed by atoms with van der Waals surface area (Å²) < 4.78 is 27.3. The predicted molar refractivity (Wildman–Crippen MR) is 73.0 cm³/mol. The molecule has 1 heterocycles. The van der Waals surface area contributed by atoms with Gasteiger partial charge in [-0.1, -0.05) is 12.1 Å². The molecule has 0 N–H and O–H groups in total. The van der Waals surface area contributed by atoms with Gasteiger partial charge >= 0.3 is 0 Å². The van der Waals surface area contributed by atoms with Crippen LogP contribution in [0.1, 0.15) is 11.1 Å². The maximum atomic E-state index is 12.4. The van der Waals surface area contributed by atoms with E-state index in [1.807, 2.05) is 6.07 Å². The standard InChI is InChI=1S/C13H14N4O2S/c1-16(10-12-5-3-4-11(8-12)9-14)20(18,19)13-6-7-15-17(13)2/h3-8H,10H2,1-2H3. The molecule has 0 unspecified atom stereocenters. The average molecular weight is 290 g/mol. The lowest BCUT2D eigenvalue weighted by Gasteiger charge is -2.17. The van der Waals surface area contributed by atoms with E-state index in [0.717, 1.165) is 5.56 Å². The van der Waals surface area contributed by atoms with Crippen LogP contribution in [0.2, 0.25) is 0 Å². The normalized spacial score (nSPS) is 11.5. The molecule has 2 rings (SSSR count). The molecule has 0 aliphatic rings. The number of hydrogen-bond acceptors (Lipinski definition) is 4. The highest BCUT2D eigenvalue weighted by molar-refractivity contribution is 7.89. The molecule has 0 aliphatic carbocycles. The van der Waals surface area contributed by atoms with E-state index in [1.165, 1.54) is 28.3 Å². The van der Waals surface area contributed by atoms with Gasteiger partial charge in [0.15, 0.2) is 5.03 Å². The Morgan fingerprint density at radius 2 is 2.15 bits per heavy atom. The second kappa shape index (κ2) is 5.45. The van der Waals surface area contributed by atoms with Crippen molar-refractivity contribution in [3.63, 3.8) is 0 Å². The van der Waals surface area contributed by atoms with Crippen LogP contribution in [0.5, 0.6) is 0 Å². The highest BCUT2D eigenvalue weighted by Crippen LogP contribution is 2.16. The van der Waals surface area contributed by atoms with Crippen LogP contribution in [-0.2, 0) is 23.6 Å². The van der Waals surface area contributed by atoms with E-state index in [1.54, 1.807) is 31.3 Å². The van der Waals surface area contributed by atoms with Gasteiger partial charge in [-0.2, -0.15) is 14.7 Å². The molecule has 0 spiro atoms. The Labute approximate surface area is 117 Å². The molecule has 0 bridgehead atoms. The molecule has 0 radical (unpaired) electrons. The fourth-order valence-corrected chi connectivity index (χ4v) is 3.11. The van der Waals surface area contributed by atoms with Crippen molar-refractivity contribution in [1.82, 2.24) is 14.1 Å². The smallest absolute Gasteiger partial charge is 0.256 e. The van der Waals surface area contributed by atoms with Crippen LogP contribution >= 0.6 is 0 Å². The first-order valence-electron chi connectivity index (χ1n) is 5.88. The van der Waals surface area contributed by atoms with E-state index in [2.05, 4.69) is 5.10 Å². The molecular weight excluding hydrogens is 276 g/mol. The van der Waals surface area contributed by atoms with Crippen LogP contribution in [0, 0.1) is 11.3 Å². The van der Waals surface area contributed by atoms with Crippen LogP contribution in [0.15, 0.2) is 41.6 Å². The maximum Gasteiger partial charge on any atom is 0.260 e. The van der Waals surface area contributed by atoms with E-state index in [-0.39, 0.29) is 11.6 Å². The van der Waals surface area contributed by atoms with Crippen molar-refractivity contribution in [3.8, 4) is 6.07 Å². The number of benzene rings is 1. The Bertz CT molecular complexity index is 759. The summed E-state index contributed by atoms with van der Waals surface area (Å²) in [6, 6.07) is 10.4. The van der Waals surface area contributed by atoms with E-state index >= 15 is 0 Å². The van der Waals surface area contributed by atoms with Crippen molar-refractivity contribution in [1.29, 1.82) is 5.26 Å². The van der Waals surface area contributed by atoms with Gasteiger partial charge in [0, 0.05) is 20.6 Å². The summed E-state index contributed by atoms with van der Waals surface area (Å²) in [7, 11) is -0.511. The van der Waals surface area contributed by atoms with Crippen LogP contribution in [0.3, 0.4) is 0 Å². The van der Waals surface area contributed by atoms with Gasteiger partial charge in [0.1, 0.15) is 0 Å². The fraction of sp³-hybridized carbons (Fsp3) is 0.231. The highest BCUT2D eigenvalue weighted by atomic mass is 32.2. The van der Waals surface area contributed by atoms with Crippen molar-refractivity contribution >= 4 is 10.0 Å². The Morgan fingerprint density at radius 3 is 2.75 bits per heavy atom. The summed E-state index contributed by atoms with van der Waals surface area (Å²) in [6.45, 7) is 0.197. The predicted octanol–water partition coefficient (Wildman–Crippen LogP) is 1.11. The van der Waals surface area contributed by atoms with Crippen molar-refractivity contribution in [2.45, 2.75) is 11.6 Å². The summed E-state index contributed by atoms with van der Waals surface area (Å²) in [5.41, 5.74) is 1.27. The Hall–Kier alpha value is -2.17. The minimum absolute atomic E-state index is 0.136. The van der Waals surface area contributed by atoms with Crippen molar-refractivity contribution in [3.05, 3.63) is 47.7 Å². The molecular formula is C13H14N4O2S. The first-order valence-corrected chi connectivity index (χ1v) is 7.32. The largest absolute Gasteiger partial charge is 0.260 e. The second-order valence-corrected chi connectivity index (χ2v) is 6.36. The van der Waals surface area contributed by atoms with Gasteiger partial charge in [-0.25, -0.2) is 8.42 Å². The molecule has 0 fully saturated rings. The molecule has 1 aromatic carbocycles. The van der Waals surface area contributed by atoms with E-state index in [4.69, 9.17) is 5.26 Å². The average Bonchev–Trinajstić information content (AvgIpc) is 2.86. The van der Waals surface area contributed by atoms with Gasteiger partial charge in [0.05, 0.1) is 17.8 Å². The first-order chi connectivity index (χ1) is 9.45. The molecule has 6 nitrogen and oxygen atoms in total. The zero-order chi connectivity index (χ0) is 14.8. The lowest BCUT2D eigenvalue weighted by molar-refractivity contribution is 0.457. The van der Waals surface area contributed by atoms with Gasteiger partial charge in [-0.3, -0.25) is 4.68 Å². The monoisotopic (exact) mass is 290 g/mol. The lowest BCUT2D eigenvalue weighted by atomic mass is 10.1. The molecule has 104 valence electrons. The second-order valence-electron chi connectivity index (χ2n) is 4.37. The topological polar surface area (TPSA) is 79.0 Å². The lowest BCUT2D eigenvalue weighted by Crippen LogP contribution is -2.28. The molecule has 0 amide bonds. The number of aryl methyl sites for hydroxylation is 1. The van der Waals surface area contributed by atoms with E-state index in [0.29, 0.717) is 5.56 Å². The minimum Gasteiger partial charge on any atom is -0.256 e.